The lowest BCUT2D eigenvalue weighted by molar-refractivity contribution is 0.618. The number of anilines is 1. The SMILES string of the molecule is Cc1nc2c(c(NC3CCCC3)n1)CCNC2. The minimum atomic E-state index is 0.628. The summed E-state index contributed by atoms with van der Waals surface area (Å²) in [6.07, 6.45) is 6.33. The Morgan fingerprint density at radius 3 is 2.88 bits per heavy atom. The number of hydrogen-bond acceptors (Lipinski definition) is 4. The first-order chi connectivity index (χ1) is 8.33. The molecule has 17 heavy (non-hydrogen) atoms. The molecule has 1 aliphatic heterocycles. The molecule has 1 fully saturated rings. The van der Waals surface area contributed by atoms with Gasteiger partial charge in [0.25, 0.3) is 0 Å². The Balaban J connectivity index is 1.88. The molecule has 2 heterocycles. The Hall–Kier alpha value is -1.16. The van der Waals surface area contributed by atoms with Crippen molar-refractivity contribution in [3.63, 3.8) is 0 Å². The van der Waals surface area contributed by atoms with Crippen LogP contribution in [0.1, 0.15) is 42.8 Å². The predicted octanol–water partition coefficient (Wildman–Crippen LogP) is 1.79. The Kier molecular flexibility index (Phi) is 2.97. The first-order valence-corrected chi connectivity index (χ1v) is 6.66. The number of aromatic nitrogens is 2. The van der Waals surface area contributed by atoms with Crippen LogP contribution in [0.3, 0.4) is 0 Å². The standard InChI is InChI=1S/C13H20N4/c1-9-15-12-8-14-7-6-11(12)13(16-9)17-10-4-2-3-5-10/h10,14H,2-8H2,1H3,(H,15,16,17). The molecule has 92 valence electrons. The third kappa shape index (κ3) is 2.27. The quantitative estimate of drug-likeness (QED) is 0.816. The van der Waals surface area contributed by atoms with Gasteiger partial charge in [-0.25, -0.2) is 9.97 Å². The van der Waals surface area contributed by atoms with Crippen LogP contribution in [0.2, 0.25) is 0 Å². The van der Waals surface area contributed by atoms with Crippen LogP contribution in [0.25, 0.3) is 0 Å². The molecular weight excluding hydrogens is 212 g/mol. The highest BCUT2D eigenvalue weighted by atomic mass is 15.1. The van der Waals surface area contributed by atoms with E-state index in [2.05, 4.69) is 20.6 Å². The van der Waals surface area contributed by atoms with Crippen molar-refractivity contribution in [3.8, 4) is 0 Å². The van der Waals surface area contributed by atoms with Crippen LogP contribution < -0.4 is 10.6 Å². The van der Waals surface area contributed by atoms with E-state index in [1.165, 1.54) is 36.9 Å². The Labute approximate surface area is 102 Å². The number of nitrogens with zero attached hydrogens (tertiary/aromatic N) is 2. The summed E-state index contributed by atoms with van der Waals surface area (Å²) in [7, 11) is 0. The van der Waals surface area contributed by atoms with E-state index in [1.807, 2.05) is 6.92 Å². The lowest BCUT2D eigenvalue weighted by Gasteiger charge is -2.22. The fourth-order valence-corrected chi connectivity index (χ4v) is 2.87. The van der Waals surface area contributed by atoms with Crippen LogP contribution in [0, 0.1) is 6.92 Å². The monoisotopic (exact) mass is 232 g/mol. The molecule has 2 N–H and O–H groups in total. The molecule has 3 rings (SSSR count). The molecule has 0 spiro atoms. The van der Waals surface area contributed by atoms with Gasteiger partial charge in [0, 0.05) is 18.2 Å². The second-order valence-electron chi connectivity index (χ2n) is 5.10. The summed E-state index contributed by atoms with van der Waals surface area (Å²) in [5.41, 5.74) is 2.52. The van der Waals surface area contributed by atoms with Crippen molar-refractivity contribution < 1.29 is 0 Å². The molecule has 2 aliphatic rings. The van der Waals surface area contributed by atoms with Crippen LogP contribution in [-0.2, 0) is 13.0 Å². The highest BCUT2D eigenvalue weighted by Gasteiger charge is 2.20. The lowest BCUT2D eigenvalue weighted by Crippen LogP contribution is -2.28. The Morgan fingerprint density at radius 2 is 2.06 bits per heavy atom. The van der Waals surface area contributed by atoms with Crippen molar-refractivity contribution in [2.75, 3.05) is 11.9 Å². The maximum absolute atomic E-state index is 4.60. The van der Waals surface area contributed by atoms with Gasteiger partial charge in [-0.3, -0.25) is 0 Å². The molecule has 0 unspecified atom stereocenters. The highest BCUT2D eigenvalue weighted by molar-refractivity contribution is 5.48. The number of hydrogen-bond donors (Lipinski definition) is 2. The van der Waals surface area contributed by atoms with E-state index in [0.29, 0.717) is 6.04 Å². The van der Waals surface area contributed by atoms with Crippen LogP contribution in [0.4, 0.5) is 5.82 Å². The van der Waals surface area contributed by atoms with Crippen molar-refractivity contribution in [1.82, 2.24) is 15.3 Å². The van der Waals surface area contributed by atoms with Gasteiger partial charge >= 0.3 is 0 Å². The Morgan fingerprint density at radius 1 is 1.24 bits per heavy atom. The van der Waals surface area contributed by atoms with Gasteiger partial charge in [-0.2, -0.15) is 0 Å². The van der Waals surface area contributed by atoms with Gasteiger partial charge in [-0.05, 0) is 32.7 Å². The molecule has 0 aromatic carbocycles. The topological polar surface area (TPSA) is 49.8 Å². The second-order valence-corrected chi connectivity index (χ2v) is 5.10. The summed E-state index contributed by atoms with van der Waals surface area (Å²) in [4.78, 5) is 9.14. The fraction of sp³-hybridized carbons (Fsp3) is 0.692. The number of rotatable bonds is 2. The van der Waals surface area contributed by atoms with Gasteiger partial charge in [0.05, 0.1) is 5.69 Å². The summed E-state index contributed by atoms with van der Waals surface area (Å²) in [5.74, 6) is 1.98. The third-order valence-corrected chi connectivity index (χ3v) is 3.74. The molecule has 0 amide bonds. The summed E-state index contributed by atoms with van der Waals surface area (Å²) < 4.78 is 0. The number of nitrogens with one attached hydrogen (secondary N) is 2. The van der Waals surface area contributed by atoms with Gasteiger partial charge in [0.1, 0.15) is 11.6 Å². The van der Waals surface area contributed by atoms with E-state index in [-0.39, 0.29) is 0 Å². The first-order valence-electron chi connectivity index (χ1n) is 6.66. The average molecular weight is 232 g/mol. The molecular formula is C13H20N4. The van der Waals surface area contributed by atoms with E-state index in [0.717, 1.165) is 31.2 Å². The maximum Gasteiger partial charge on any atom is 0.133 e. The summed E-state index contributed by atoms with van der Waals surface area (Å²) in [6, 6.07) is 0.628. The first kappa shape index (κ1) is 11.0. The number of fused-ring (bicyclic) bond motifs is 1. The van der Waals surface area contributed by atoms with Gasteiger partial charge in [-0.15, -0.1) is 0 Å². The zero-order valence-corrected chi connectivity index (χ0v) is 10.4. The van der Waals surface area contributed by atoms with Crippen molar-refractivity contribution in [3.05, 3.63) is 17.1 Å². The van der Waals surface area contributed by atoms with Crippen molar-refractivity contribution in [2.45, 2.75) is 51.6 Å². The van der Waals surface area contributed by atoms with Crippen LogP contribution >= 0.6 is 0 Å². The molecule has 0 radical (unpaired) electrons. The number of aryl methyl sites for hydroxylation is 1. The van der Waals surface area contributed by atoms with Crippen molar-refractivity contribution in [2.24, 2.45) is 0 Å². The molecule has 0 saturated heterocycles. The minimum absolute atomic E-state index is 0.628. The third-order valence-electron chi connectivity index (χ3n) is 3.74. The summed E-state index contributed by atoms with van der Waals surface area (Å²) in [6.45, 7) is 3.91. The van der Waals surface area contributed by atoms with Crippen LogP contribution in [-0.4, -0.2) is 22.6 Å². The molecule has 1 aliphatic carbocycles. The lowest BCUT2D eigenvalue weighted by atomic mass is 10.1. The van der Waals surface area contributed by atoms with Gasteiger partial charge < -0.3 is 10.6 Å². The van der Waals surface area contributed by atoms with Crippen LogP contribution in [0.15, 0.2) is 0 Å². The summed E-state index contributed by atoms with van der Waals surface area (Å²) >= 11 is 0. The molecule has 1 aromatic rings. The molecule has 0 atom stereocenters. The van der Waals surface area contributed by atoms with Crippen molar-refractivity contribution in [1.29, 1.82) is 0 Å². The van der Waals surface area contributed by atoms with Gasteiger partial charge in [-0.1, -0.05) is 12.8 Å². The fourth-order valence-electron chi connectivity index (χ4n) is 2.87. The predicted molar refractivity (Wildman–Crippen MR) is 68.1 cm³/mol. The minimum Gasteiger partial charge on any atom is -0.367 e. The van der Waals surface area contributed by atoms with Gasteiger partial charge in [0.15, 0.2) is 0 Å². The molecule has 4 nitrogen and oxygen atoms in total. The second kappa shape index (κ2) is 4.61. The summed E-state index contributed by atoms with van der Waals surface area (Å²) in [5, 5.41) is 7.00. The largest absolute Gasteiger partial charge is 0.367 e. The van der Waals surface area contributed by atoms with E-state index < -0.39 is 0 Å². The Bertz CT molecular complexity index is 410. The zero-order valence-electron chi connectivity index (χ0n) is 10.4. The smallest absolute Gasteiger partial charge is 0.133 e. The van der Waals surface area contributed by atoms with Crippen LogP contribution in [0.5, 0.6) is 0 Å². The molecule has 0 bridgehead atoms. The molecule has 1 saturated carbocycles. The normalized spacial score (nSPS) is 20.3. The van der Waals surface area contributed by atoms with E-state index >= 15 is 0 Å². The van der Waals surface area contributed by atoms with E-state index in [9.17, 15) is 0 Å². The highest BCUT2D eigenvalue weighted by Crippen LogP contribution is 2.25. The molecule has 4 heteroatoms. The molecule has 1 aromatic heterocycles. The maximum atomic E-state index is 4.60. The van der Waals surface area contributed by atoms with Crippen molar-refractivity contribution >= 4 is 5.82 Å². The van der Waals surface area contributed by atoms with Gasteiger partial charge in [0.2, 0.25) is 0 Å². The average Bonchev–Trinajstić information content (AvgIpc) is 2.81. The van der Waals surface area contributed by atoms with E-state index in [4.69, 9.17) is 0 Å². The van der Waals surface area contributed by atoms with E-state index in [1.54, 1.807) is 0 Å². The zero-order chi connectivity index (χ0) is 11.7.